The minimum atomic E-state index is -0.219. The molecule has 0 fully saturated rings. The van der Waals surface area contributed by atoms with Crippen molar-refractivity contribution in [2.45, 2.75) is 19.8 Å². The lowest BCUT2D eigenvalue weighted by molar-refractivity contribution is -0.143. The zero-order valence-corrected chi connectivity index (χ0v) is 10.7. The summed E-state index contributed by atoms with van der Waals surface area (Å²) in [6, 6.07) is 0. The van der Waals surface area contributed by atoms with Gasteiger partial charge in [0.25, 0.3) is 0 Å². The fourth-order valence-electron chi connectivity index (χ4n) is 1.32. The van der Waals surface area contributed by atoms with Crippen molar-refractivity contribution in [1.29, 1.82) is 0 Å². The first-order valence-corrected chi connectivity index (χ1v) is 6.31. The minimum absolute atomic E-state index is 0.219. The standard InChI is InChI=1S/C10H10ClN3O2S/c1-2-16-7(15)4-3-6-14-8-9(11)12-5-13-10(8)17-6/h5H,2-4H2,1H3. The van der Waals surface area contributed by atoms with E-state index >= 15 is 0 Å². The number of esters is 1. The Morgan fingerprint density at radius 2 is 2.35 bits per heavy atom. The molecule has 2 heterocycles. The molecule has 90 valence electrons. The molecular formula is C10H10ClN3O2S. The second kappa shape index (κ2) is 5.37. The van der Waals surface area contributed by atoms with Gasteiger partial charge < -0.3 is 4.74 Å². The highest BCUT2D eigenvalue weighted by molar-refractivity contribution is 7.18. The van der Waals surface area contributed by atoms with E-state index in [1.165, 1.54) is 17.7 Å². The molecule has 0 aliphatic carbocycles. The minimum Gasteiger partial charge on any atom is -0.466 e. The zero-order valence-electron chi connectivity index (χ0n) is 9.14. The predicted octanol–water partition coefficient (Wildman–Crippen LogP) is 2.24. The topological polar surface area (TPSA) is 65.0 Å². The molecule has 0 amide bonds. The third-order valence-electron chi connectivity index (χ3n) is 2.04. The van der Waals surface area contributed by atoms with E-state index in [9.17, 15) is 4.79 Å². The first kappa shape index (κ1) is 12.2. The smallest absolute Gasteiger partial charge is 0.306 e. The maximum atomic E-state index is 11.2. The van der Waals surface area contributed by atoms with Crippen LogP contribution in [-0.2, 0) is 16.0 Å². The van der Waals surface area contributed by atoms with Gasteiger partial charge in [-0.1, -0.05) is 22.9 Å². The fourth-order valence-corrected chi connectivity index (χ4v) is 2.45. The number of thiazole rings is 1. The van der Waals surface area contributed by atoms with Gasteiger partial charge in [-0.15, -0.1) is 0 Å². The van der Waals surface area contributed by atoms with Gasteiger partial charge in [0.2, 0.25) is 0 Å². The van der Waals surface area contributed by atoms with Crippen LogP contribution in [0.2, 0.25) is 5.15 Å². The Labute approximate surface area is 107 Å². The van der Waals surface area contributed by atoms with E-state index in [1.54, 1.807) is 6.92 Å². The molecule has 0 spiro atoms. The molecular weight excluding hydrogens is 262 g/mol. The molecule has 2 rings (SSSR count). The highest BCUT2D eigenvalue weighted by atomic mass is 35.5. The van der Waals surface area contributed by atoms with Gasteiger partial charge in [-0.3, -0.25) is 4.79 Å². The van der Waals surface area contributed by atoms with Crippen molar-refractivity contribution in [3.63, 3.8) is 0 Å². The Hall–Kier alpha value is -1.27. The third kappa shape index (κ3) is 2.89. The van der Waals surface area contributed by atoms with Crippen LogP contribution in [0.1, 0.15) is 18.4 Å². The van der Waals surface area contributed by atoms with E-state index in [4.69, 9.17) is 16.3 Å². The van der Waals surface area contributed by atoms with Gasteiger partial charge in [0, 0.05) is 6.42 Å². The fraction of sp³-hybridized carbons (Fsp3) is 0.400. The summed E-state index contributed by atoms with van der Waals surface area (Å²) in [5.41, 5.74) is 0.595. The van der Waals surface area contributed by atoms with E-state index in [0.717, 1.165) is 9.84 Å². The van der Waals surface area contributed by atoms with Crippen LogP contribution in [-0.4, -0.2) is 27.5 Å². The lowest BCUT2D eigenvalue weighted by Gasteiger charge is -1.98. The highest BCUT2D eigenvalue weighted by Crippen LogP contribution is 2.24. The number of aromatic nitrogens is 3. The van der Waals surface area contributed by atoms with Gasteiger partial charge in [-0.2, -0.15) is 0 Å². The van der Waals surface area contributed by atoms with Gasteiger partial charge in [-0.05, 0) is 6.92 Å². The van der Waals surface area contributed by atoms with E-state index in [1.807, 2.05) is 0 Å². The molecule has 7 heteroatoms. The van der Waals surface area contributed by atoms with E-state index in [2.05, 4.69) is 15.0 Å². The van der Waals surface area contributed by atoms with Gasteiger partial charge in [0.15, 0.2) is 5.15 Å². The molecule has 0 saturated carbocycles. The molecule has 0 N–H and O–H groups in total. The summed E-state index contributed by atoms with van der Waals surface area (Å²) in [5, 5.41) is 1.16. The molecule has 0 radical (unpaired) electrons. The first-order valence-electron chi connectivity index (χ1n) is 5.12. The molecule has 2 aromatic rings. The molecule has 17 heavy (non-hydrogen) atoms. The van der Waals surface area contributed by atoms with Crippen LogP contribution >= 0.6 is 22.9 Å². The van der Waals surface area contributed by atoms with Crippen molar-refractivity contribution >= 4 is 39.3 Å². The Morgan fingerprint density at radius 3 is 3.06 bits per heavy atom. The SMILES string of the molecule is CCOC(=O)CCc1nc2c(Cl)ncnc2s1. The van der Waals surface area contributed by atoms with Crippen LogP contribution in [0.15, 0.2) is 6.33 Å². The Morgan fingerprint density at radius 1 is 1.53 bits per heavy atom. The average molecular weight is 272 g/mol. The maximum Gasteiger partial charge on any atom is 0.306 e. The predicted molar refractivity (Wildman–Crippen MR) is 65.2 cm³/mol. The van der Waals surface area contributed by atoms with Crippen LogP contribution in [0, 0.1) is 0 Å². The summed E-state index contributed by atoms with van der Waals surface area (Å²) >= 11 is 7.30. The first-order chi connectivity index (χ1) is 8.20. The molecule has 2 aromatic heterocycles. The van der Waals surface area contributed by atoms with Crippen LogP contribution in [0.25, 0.3) is 10.3 Å². The summed E-state index contributed by atoms with van der Waals surface area (Å²) in [7, 11) is 0. The molecule has 5 nitrogen and oxygen atoms in total. The second-order valence-corrected chi connectivity index (χ2v) is 4.65. The van der Waals surface area contributed by atoms with Crippen molar-refractivity contribution in [2.75, 3.05) is 6.61 Å². The number of ether oxygens (including phenoxy) is 1. The van der Waals surface area contributed by atoms with Gasteiger partial charge in [0.1, 0.15) is 16.7 Å². The lowest BCUT2D eigenvalue weighted by atomic mass is 10.3. The van der Waals surface area contributed by atoms with Crippen LogP contribution in [0.4, 0.5) is 0 Å². The summed E-state index contributed by atoms with van der Waals surface area (Å²) in [6.45, 7) is 2.18. The van der Waals surface area contributed by atoms with Gasteiger partial charge in [0.05, 0.1) is 18.0 Å². The monoisotopic (exact) mass is 271 g/mol. The Balaban J connectivity index is 2.10. The normalized spacial score (nSPS) is 10.7. The number of hydrogen-bond acceptors (Lipinski definition) is 6. The number of halogens is 1. The van der Waals surface area contributed by atoms with E-state index < -0.39 is 0 Å². The number of fused-ring (bicyclic) bond motifs is 1. The van der Waals surface area contributed by atoms with Crippen LogP contribution < -0.4 is 0 Å². The summed E-state index contributed by atoms with van der Waals surface area (Å²) in [4.78, 5) is 24.2. The number of aryl methyl sites for hydroxylation is 1. The number of rotatable bonds is 4. The summed E-state index contributed by atoms with van der Waals surface area (Å²) < 4.78 is 4.85. The van der Waals surface area contributed by atoms with Crippen LogP contribution in [0.5, 0.6) is 0 Å². The van der Waals surface area contributed by atoms with Crippen molar-refractivity contribution in [3.05, 3.63) is 16.5 Å². The van der Waals surface area contributed by atoms with Crippen molar-refractivity contribution in [3.8, 4) is 0 Å². The molecule has 0 aliphatic heterocycles. The second-order valence-electron chi connectivity index (χ2n) is 3.23. The Bertz CT molecular complexity index is 543. The van der Waals surface area contributed by atoms with Crippen LogP contribution in [0.3, 0.4) is 0 Å². The molecule has 0 saturated heterocycles. The number of nitrogens with zero attached hydrogens (tertiary/aromatic N) is 3. The molecule has 0 aromatic carbocycles. The van der Waals surface area contributed by atoms with Crippen molar-refractivity contribution in [1.82, 2.24) is 15.0 Å². The number of carbonyl (C=O) groups excluding carboxylic acids is 1. The third-order valence-corrected chi connectivity index (χ3v) is 3.34. The van der Waals surface area contributed by atoms with Crippen molar-refractivity contribution in [2.24, 2.45) is 0 Å². The maximum absolute atomic E-state index is 11.2. The highest BCUT2D eigenvalue weighted by Gasteiger charge is 2.10. The summed E-state index contributed by atoms with van der Waals surface area (Å²) in [6.07, 6.45) is 2.26. The zero-order chi connectivity index (χ0) is 12.3. The largest absolute Gasteiger partial charge is 0.466 e. The quantitative estimate of drug-likeness (QED) is 0.630. The molecule has 0 aliphatic rings. The number of hydrogen-bond donors (Lipinski definition) is 0. The lowest BCUT2D eigenvalue weighted by Crippen LogP contribution is -2.04. The molecule has 0 atom stereocenters. The van der Waals surface area contributed by atoms with E-state index in [0.29, 0.717) is 30.1 Å². The van der Waals surface area contributed by atoms with Crippen molar-refractivity contribution < 1.29 is 9.53 Å². The van der Waals surface area contributed by atoms with Gasteiger partial charge in [-0.25, -0.2) is 15.0 Å². The molecule has 0 bridgehead atoms. The average Bonchev–Trinajstić information content (AvgIpc) is 2.71. The summed E-state index contributed by atoms with van der Waals surface area (Å²) in [5.74, 6) is -0.219. The van der Waals surface area contributed by atoms with Gasteiger partial charge >= 0.3 is 5.97 Å². The Kier molecular flexibility index (Phi) is 3.86. The molecule has 0 unspecified atom stereocenters. The number of carbonyl (C=O) groups is 1. The van der Waals surface area contributed by atoms with E-state index in [-0.39, 0.29) is 5.97 Å².